The van der Waals surface area contributed by atoms with Crippen LogP contribution in [0.15, 0.2) is 0 Å². The van der Waals surface area contributed by atoms with Gasteiger partial charge in [-0.15, -0.1) is 0 Å². The molecule has 0 radical (unpaired) electrons. The van der Waals surface area contributed by atoms with Gasteiger partial charge in [-0.25, -0.2) is 0 Å². The molecule has 4 rings (SSSR count). The number of carbonyl (C=O) groups excluding carboxylic acids is 1. The Hall–Kier alpha value is -0.330. The highest BCUT2D eigenvalue weighted by atomic mass is 16.1. The molecule has 4 saturated carbocycles. The molecule has 0 spiro atoms. The van der Waals surface area contributed by atoms with Crippen LogP contribution in [-0.2, 0) is 4.79 Å². The molecule has 4 aliphatic carbocycles. The average molecular weight is 206 g/mol. The fourth-order valence-electron chi connectivity index (χ4n) is 6.09. The Morgan fingerprint density at radius 3 is 2.13 bits per heavy atom. The minimum atomic E-state index is 0.407. The highest BCUT2D eigenvalue weighted by molar-refractivity contribution is 5.51. The highest BCUT2D eigenvalue weighted by Crippen LogP contribution is 2.70. The van der Waals surface area contributed by atoms with Gasteiger partial charge >= 0.3 is 0 Å². The van der Waals surface area contributed by atoms with Crippen molar-refractivity contribution in [2.75, 3.05) is 0 Å². The van der Waals surface area contributed by atoms with Crippen LogP contribution in [-0.4, -0.2) is 6.29 Å². The van der Waals surface area contributed by atoms with Crippen LogP contribution in [0.25, 0.3) is 0 Å². The number of carbonyl (C=O) groups is 1. The van der Waals surface area contributed by atoms with E-state index >= 15 is 0 Å². The Morgan fingerprint density at radius 1 is 1.07 bits per heavy atom. The summed E-state index contributed by atoms with van der Waals surface area (Å²) in [6, 6.07) is 0. The summed E-state index contributed by atoms with van der Waals surface area (Å²) in [5, 5.41) is 0. The minimum Gasteiger partial charge on any atom is -0.303 e. The van der Waals surface area contributed by atoms with Crippen LogP contribution in [0, 0.1) is 22.2 Å². The van der Waals surface area contributed by atoms with E-state index in [-0.39, 0.29) is 0 Å². The molecular weight excluding hydrogens is 184 g/mol. The molecule has 4 bridgehead atoms. The van der Waals surface area contributed by atoms with Gasteiger partial charge < -0.3 is 4.79 Å². The van der Waals surface area contributed by atoms with Crippen LogP contribution >= 0.6 is 0 Å². The lowest BCUT2D eigenvalue weighted by atomic mass is 9.40. The van der Waals surface area contributed by atoms with Gasteiger partial charge in [-0.05, 0) is 60.7 Å². The lowest BCUT2D eigenvalue weighted by Crippen LogP contribution is -2.55. The zero-order chi connectivity index (χ0) is 10.7. The molecule has 0 heterocycles. The largest absolute Gasteiger partial charge is 0.303 e. The first-order chi connectivity index (χ1) is 6.97. The standard InChI is InChI=1S/C14H22O/c1-12-5-11-6-13(2,8-12)10-14(7-11,9-12)3-4-15/h4,11H,3,5-10H2,1-2H3. The van der Waals surface area contributed by atoms with E-state index in [4.69, 9.17) is 0 Å². The van der Waals surface area contributed by atoms with Crippen molar-refractivity contribution in [3.8, 4) is 0 Å². The monoisotopic (exact) mass is 206 g/mol. The van der Waals surface area contributed by atoms with E-state index in [1.165, 1.54) is 44.8 Å². The molecule has 15 heavy (non-hydrogen) atoms. The molecule has 1 nitrogen and oxygen atoms in total. The first-order valence-electron chi connectivity index (χ1n) is 6.40. The van der Waals surface area contributed by atoms with Crippen LogP contribution in [0.4, 0.5) is 0 Å². The second kappa shape index (κ2) is 2.67. The van der Waals surface area contributed by atoms with Crippen molar-refractivity contribution in [3.05, 3.63) is 0 Å². The molecule has 84 valence electrons. The van der Waals surface area contributed by atoms with Gasteiger partial charge in [0.05, 0.1) is 0 Å². The van der Waals surface area contributed by atoms with Crippen LogP contribution in [0.5, 0.6) is 0 Å². The van der Waals surface area contributed by atoms with Crippen molar-refractivity contribution < 1.29 is 4.79 Å². The Kier molecular flexibility index (Phi) is 1.76. The molecule has 0 aromatic rings. The number of hydrogen-bond acceptors (Lipinski definition) is 1. The number of rotatable bonds is 2. The van der Waals surface area contributed by atoms with E-state index in [1.807, 2.05) is 0 Å². The van der Waals surface area contributed by atoms with Crippen molar-refractivity contribution in [2.45, 2.75) is 58.8 Å². The lowest BCUT2D eigenvalue weighted by molar-refractivity contribution is -0.150. The maximum Gasteiger partial charge on any atom is 0.120 e. The summed E-state index contributed by atoms with van der Waals surface area (Å²) in [5.41, 5.74) is 1.54. The maximum absolute atomic E-state index is 10.9. The molecule has 0 N–H and O–H groups in total. The van der Waals surface area contributed by atoms with Gasteiger partial charge in [0.1, 0.15) is 6.29 Å². The van der Waals surface area contributed by atoms with Crippen LogP contribution in [0.1, 0.15) is 58.8 Å². The van der Waals surface area contributed by atoms with Gasteiger partial charge in [-0.2, -0.15) is 0 Å². The first kappa shape index (κ1) is 9.86. The summed E-state index contributed by atoms with van der Waals surface area (Å²) in [7, 11) is 0. The van der Waals surface area contributed by atoms with Crippen LogP contribution in [0.2, 0.25) is 0 Å². The zero-order valence-electron chi connectivity index (χ0n) is 10.0. The van der Waals surface area contributed by atoms with Crippen LogP contribution < -0.4 is 0 Å². The van der Waals surface area contributed by atoms with E-state index < -0.39 is 0 Å². The Bertz CT molecular complexity index is 288. The molecule has 0 aromatic carbocycles. The van der Waals surface area contributed by atoms with E-state index in [9.17, 15) is 4.79 Å². The van der Waals surface area contributed by atoms with Gasteiger partial charge in [-0.3, -0.25) is 0 Å². The quantitative estimate of drug-likeness (QED) is 0.631. The summed E-state index contributed by atoms with van der Waals surface area (Å²) in [6.45, 7) is 4.94. The predicted molar refractivity (Wildman–Crippen MR) is 60.5 cm³/mol. The molecule has 0 aromatic heterocycles. The summed E-state index contributed by atoms with van der Waals surface area (Å²) in [6.07, 6.45) is 10.3. The maximum atomic E-state index is 10.9. The smallest absolute Gasteiger partial charge is 0.120 e. The van der Waals surface area contributed by atoms with Gasteiger partial charge in [-0.1, -0.05) is 13.8 Å². The fourth-order valence-corrected chi connectivity index (χ4v) is 6.09. The summed E-state index contributed by atoms with van der Waals surface area (Å²) in [5.74, 6) is 0.927. The second-order valence-corrected chi connectivity index (χ2v) is 7.50. The number of hydrogen-bond donors (Lipinski definition) is 0. The molecule has 0 aliphatic heterocycles. The Labute approximate surface area is 92.6 Å². The average Bonchev–Trinajstić information content (AvgIpc) is 1.94. The molecule has 2 unspecified atom stereocenters. The Morgan fingerprint density at radius 2 is 1.67 bits per heavy atom. The lowest BCUT2D eigenvalue weighted by Gasteiger charge is -2.65. The molecule has 4 fully saturated rings. The normalized spacial score (nSPS) is 57.1. The summed E-state index contributed by atoms with van der Waals surface area (Å²) >= 11 is 0. The first-order valence-corrected chi connectivity index (χ1v) is 6.40. The third-order valence-corrected chi connectivity index (χ3v) is 5.26. The van der Waals surface area contributed by atoms with Gasteiger partial charge in [0.25, 0.3) is 0 Å². The highest BCUT2D eigenvalue weighted by Gasteiger charge is 2.59. The molecule has 2 atom stereocenters. The van der Waals surface area contributed by atoms with Crippen LogP contribution in [0.3, 0.4) is 0 Å². The molecule has 1 heteroatoms. The summed E-state index contributed by atoms with van der Waals surface area (Å²) in [4.78, 5) is 10.9. The van der Waals surface area contributed by atoms with Crippen molar-refractivity contribution in [1.29, 1.82) is 0 Å². The molecule has 0 amide bonds. The van der Waals surface area contributed by atoms with Gasteiger partial charge in [0.15, 0.2) is 0 Å². The van der Waals surface area contributed by atoms with Crippen molar-refractivity contribution in [1.82, 2.24) is 0 Å². The Balaban J connectivity index is 1.98. The third-order valence-electron chi connectivity index (χ3n) is 5.26. The molecular formula is C14H22O. The van der Waals surface area contributed by atoms with E-state index in [0.717, 1.165) is 12.3 Å². The topological polar surface area (TPSA) is 17.1 Å². The zero-order valence-corrected chi connectivity index (χ0v) is 10.0. The van der Waals surface area contributed by atoms with Crippen molar-refractivity contribution >= 4 is 6.29 Å². The SMILES string of the molecule is CC12CC3CC(C)(C1)CC(CC=O)(C3)C2. The number of aldehydes is 1. The van der Waals surface area contributed by atoms with E-state index in [0.29, 0.717) is 16.2 Å². The predicted octanol–water partition coefficient (Wildman–Crippen LogP) is 3.57. The van der Waals surface area contributed by atoms with E-state index in [1.54, 1.807) is 0 Å². The molecule has 4 aliphatic rings. The van der Waals surface area contributed by atoms with Crippen molar-refractivity contribution in [3.63, 3.8) is 0 Å². The van der Waals surface area contributed by atoms with Gasteiger partial charge in [0, 0.05) is 6.42 Å². The molecule has 0 saturated heterocycles. The van der Waals surface area contributed by atoms with Crippen molar-refractivity contribution in [2.24, 2.45) is 22.2 Å². The minimum absolute atomic E-state index is 0.407. The van der Waals surface area contributed by atoms with Gasteiger partial charge in [0.2, 0.25) is 0 Å². The second-order valence-electron chi connectivity index (χ2n) is 7.50. The van der Waals surface area contributed by atoms with E-state index in [2.05, 4.69) is 13.8 Å². The fraction of sp³-hybridized carbons (Fsp3) is 0.929. The third kappa shape index (κ3) is 1.38. The summed E-state index contributed by atoms with van der Waals surface area (Å²) < 4.78 is 0.